The summed E-state index contributed by atoms with van der Waals surface area (Å²) in [5.41, 5.74) is 1.20. The van der Waals surface area contributed by atoms with Crippen molar-refractivity contribution in [3.8, 4) is 5.69 Å². The van der Waals surface area contributed by atoms with E-state index in [1.807, 2.05) is 0 Å². The van der Waals surface area contributed by atoms with Crippen molar-refractivity contribution in [1.82, 2.24) is 14.8 Å². The fraction of sp³-hybridized carbons (Fsp3) is 0.467. The van der Waals surface area contributed by atoms with Crippen LogP contribution in [0, 0.1) is 0 Å². The van der Waals surface area contributed by atoms with Crippen molar-refractivity contribution in [1.29, 1.82) is 0 Å². The molecule has 1 aliphatic rings. The van der Waals surface area contributed by atoms with Crippen LogP contribution >= 0.6 is 0 Å². The highest BCUT2D eigenvalue weighted by atomic mass is 15.3. The van der Waals surface area contributed by atoms with Gasteiger partial charge in [0, 0.05) is 18.0 Å². The molecule has 18 heavy (non-hydrogen) atoms. The molecule has 0 N–H and O–H groups in total. The molecule has 1 saturated carbocycles. The van der Waals surface area contributed by atoms with E-state index in [1.165, 1.54) is 31.4 Å². The van der Waals surface area contributed by atoms with Gasteiger partial charge in [0.15, 0.2) is 0 Å². The lowest BCUT2D eigenvalue weighted by molar-refractivity contribution is 0.729. The van der Waals surface area contributed by atoms with Crippen LogP contribution in [-0.2, 0) is 6.42 Å². The quantitative estimate of drug-likeness (QED) is 0.802. The van der Waals surface area contributed by atoms with Crippen LogP contribution in [0.3, 0.4) is 0 Å². The van der Waals surface area contributed by atoms with Gasteiger partial charge in [-0.05, 0) is 31.4 Å². The van der Waals surface area contributed by atoms with Crippen molar-refractivity contribution in [3.63, 3.8) is 0 Å². The monoisotopic (exact) mass is 241 g/mol. The van der Waals surface area contributed by atoms with E-state index >= 15 is 0 Å². The Balaban J connectivity index is 2.00. The molecule has 3 nitrogen and oxygen atoms in total. The minimum absolute atomic E-state index is 0.632. The fourth-order valence-electron chi connectivity index (χ4n) is 2.29. The lowest BCUT2D eigenvalue weighted by atomic mass is 10.2. The minimum Gasteiger partial charge on any atom is -0.283 e. The van der Waals surface area contributed by atoms with Gasteiger partial charge in [-0.3, -0.25) is 4.57 Å². The van der Waals surface area contributed by atoms with Crippen molar-refractivity contribution in [2.45, 2.75) is 44.9 Å². The Morgan fingerprint density at radius 3 is 2.61 bits per heavy atom. The van der Waals surface area contributed by atoms with Crippen LogP contribution in [0.1, 0.15) is 50.2 Å². The zero-order chi connectivity index (χ0) is 12.4. The van der Waals surface area contributed by atoms with Gasteiger partial charge >= 0.3 is 0 Å². The third-order valence-corrected chi connectivity index (χ3v) is 3.47. The molecule has 1 aromatic carbocycles. The maximum atomic E-state index is 4.42. The molecule has 3 rings (SSSR count). The van der Waals surface area contributed by atoms with Gasteiger partial charge in [-0.15, -0.1) is 10.2 Å². The molecule has 1 aliphatic carbocycles. The van der Waals surface area contributed by atoms with Crippen molar-refractivity contribution >= 4 is 0 Å². The molecule has 1 heterocycles. The number of aryl methyl sites for hydroxylation is 1. The number of rotatable bonds is 5. The van der Waals surface area contributed by atoms with Crippen molar-refractivity contribution in [2.75, 3.05) is 0 Å². The third kappa shape index (κ3) is 2.17. The zero-order valence-electron chi connectivity index (χ0n) is 10.8. The highest BCUT2D eigenvalue weighted by molar-refractivity contribution is 5.35. The molecule has 0 spiro atoms. The molecular weight excluding hydrogens is 222 g/mol. The highest BCUT2D eigenvalue weighted by Gasteiger charge is 2.30. The molecule has 0 aliphatic heterocycles. The Morgan fingerprint density at radius 1 is 1.17 bits per heavy atom. The van der Waals surface area contributed by atoms with E-state index < -0.39 is 0 Å². The molecule has 94 valence electrons. The van der Waals surface area contributed by atoms with Crippen molar-refractivity contribution in [3.05, 3.63) is 42.0 Å². The zero-order valence-corrected chi connectivity index (χ0v) is 10.8. The molecule has 0 atom stereocenters. The molecule has 1 fully saturated rings. The highest BCUT2D eigenvalue weighted by Crippen LogP contribution is 2.40. The molecule has 0 unspecified atom stereocenters. The second kappa shape index (κ2) is 4.92. The first-order valence-corrected chi connectivity index (χ1v) is 6.89. The van der Waals surface area contributed by atoms with E-state index in [-0.39, 0.29) is 0 Å². The second-order valence-electron chi connectivity index (χ2n) is 5.02. The number of hydrogen-bond acceptors (Lipinski definition) is 2. The molecule has 0 saturated heterocycles. The summed E-state index contributed by atoms with van der Waals surface area (Å²) in [5, 5.41) is 8.82. The van der Waals surface area contributed by atoms with E-state index in [2.05, 4.69) is 52.0 Å². The van der Waals surface area contributed by atoms with Gasteiger partial charge in [0.05, 0.1) is 0 Å². The Bertz CT molecular complexity index is 512. The van der Waals surface area contributed by atoms with Crippen molar-refractivity contribution in [2.24, 2.45) is 0 Å². The van der Waals surface area contributed by atoms with Crippen LogP contribution in [0.2, 0.25) is 0 Å². The van der Waals surface area contributed by atoms with Gasteiger partial charge in [-0.25, -0.2) is 0 Å². The Labute approximate surface area is 108 Å². The number of unbranched alkanes of at least 4 members (excludes halogenated alkanes) is 1. The first-order valence-electron chi connectivity index (χ1n) is 6.89. The van der Waals surface area contributed by atoms with Gasteiger partial charge < -0.3 is 0 Å². The number of para-hydroxylation sites is 1. The van der Waals surface area contributed by atoms with Crippen LogP contribution in [0.25, 0.3) is 5.69 Å². The van der Waals surface area contributed by atoms with Crippen LogP contribution in [0.5, 0.6) is 0 Å². The molecule has 0 radical (unpaired) electrons. The average molecular weight is 241 g/mol. The van der Waals surface area contributed by atoms with Gasteiger partial charge in [-0.2, -0.15) is 0 Å². The van der Waals surface area contributed by atoms with Crippen LogP contribution in [0.4, 0.5) is 0 Å². The topological polar surface area (TPSA) is 30.7 Å². The minimum atomic E-state index is 0.632. The Hall–Kier alpha value is -1.64. The normalized spacial score (nSPS) is 14.9. The maximum absolute atomic E-state index is 4.42. The Morgan fingerprint density at radius 2 is 1.94 bits per heavy atom. The van der Waals surface area contributed by atoms with Crippen LogP contribution in [-0.4, -0.2) is 14.8 Å². The van der Waals surface area contributed by atoms with E-state index in [1.54, 1.807) is 0 Å². The lowest BCUT2D eigenvalue weighted by Crippen LogP contribution is -2.04. The van der Waals surface area contributed by atoms with E-state index in [9.17, 15) is 0 Å². The summed E-state index contributed by atoms with van der Waals surface area (Å²) in [4.78, 5) is 0. The first kappa shape index (κ1) is 11.5. The fourth-order valence-corrected chi connectivity index (χ4v) is 2.29. The molecule has 2 aromatic rings. The average Bonchev–Trinajstić information content (AvgIpc) is 3.18. The number of benzene rings is 1. The van der Waals surface area contributed by atoms with Gasteiger partial charge in [-0.1, -0.05) is 31.5 Å². The smallest absolute Gasteiger partial charge is 0.140 e. The summed E-state index contributed by atoms with van der Waals surface area (Å²) in [6.07, 6.45) is 5.92. The molecule has 3 heteroatoms. The standard InChI is InChI=1S/C15H19N3/c1-2-3-9-14-16-17-15(12-10-11-12)18(14)13-7-5-4-6-8-13/h4-8,12H,2-3,9-11H2,1H3. The summed E-state index contributed by atoms with van der Waals surface area (Å²) in [6, 6.07) is 10.5. The number of aromatic nitrogens is 3. The van der Waals surface area contributed by atoms with Crippen LogP contribution in [0.15, 0.2) is 30.3 Å². The third-order valence-electron chi connectivity index (χ3n) is 3.47. The summed E-state index contributed by atoms with van der Waals surface area (Å²) < 4.78 is 2.27. The van der Waals surface area contributed by atoms with Gasteiger partial charge in [0.1, 0.15) is 11.6 Å². The summed E-state index contributed by atoms with van der Waals surface area (Å²) in [6.45, 7) is 2.21. The Kier molecular flexibility index (Phi) is 3.13. The lowest BCUT2D eigenvalue weighted by Gasteiger charge is -2.09. The largest absolute Gasteiger partial charge is 0.283 e. The molecule has 0 bridgehead atoms. The SMILES string of the molecule is CCCCc1nnc(C2CC2)n1-c1ccccc1. The summed E-state index contributed by atoms with van der Waals surface area (Å²) in [5.74, 6) is 2.91. The van der Waals surface area contributed by atoms with E-state index in [4.69, 9.17) is 0 Å². The first-order chi connectivity index (χ1) is 8.90. The van der Waals surface area contributed by atoms with E-state index in [0.717, 1.165) is 18.1 Å². The molecular formula is C15H19N3. The molecule has 0 amide bonds. The second-order valence-corrected chi connectivity index (χ2v) is 5.02. The van der Waals surface area contributed by atoms with Crippen molar-refractivity contribution < 1.29 is 0 Å². The summed E-state index contributed by atoms with van der Waals surface area (Å²) >= 11 is 0. The molecule has 1 aromatic heterocycles. The maximum Gasteiger partial charge on any atom is 0.140 e. The van der Waals surface area contributed by atoms with Crippen LogP contribution < -0.4 is 0 Å². The predicted molar refractivity (Wildman–Crippen MR) is 71.9 cm³/mol. The predicted octanol–water partition coefficient (Wildman–Crippen LogP) is 3.49. The van der Waals surface area contributed by atoms with Gasteiger partial charge in [0.2, 0.25) is 0 Å². The van der Waals surface area contributed by atoms with Gasteiger partial charge in [0.25, 0.3) is 0 Å². The summed E-state index contributed by atoms with van der Waals surface area (Å²) in [7, 11) is 0. The van der Waals surface area contributed by atoms with E-state index in [0.29, 0.717) is 5.92 Å². The number of hydrogen-bond donors (Lipinski definition) is 0. The number of nitrogens with zero attached hydrogens (tertiary/aromatic N) is 3.